The van der Waals surface area contributed by atoms with E-state index in [-0.39, 0.29) is 45.3 Å². The first-order valence-corrected chi connectivity index (χ1v) is 14.1. The molecule has 2 aromatic heterocycles. The van der Waals surface area contributed by atoms with Crippen LogP contribution in [0.25, 0.3) is 17.2 Å². The van der Waals surface area contributed by atoms with E-state index in [0.29, 0.717) is 11.8 Å². The summed E-state index contributed by atoms with van der Waals surface area (Å²) in [5, 5.41) is 6.28. The lowest BCUT2D eigenvalue weighted by Gasteiger charge is -2.20. The summed E-state index contributed by atoms with van der Waals surface area (Å²) in [6, 6.07) is 8.97. The fourth-order valence-corrected chi connectivity index (χ4v) is 4.92. The van der Waals surface area contributed by atoms with Gasteiger partial charge in [0.15, 0.2) is 16.8 Å². The lowest BCUT2D eigenvalue weighted by Crippen LogP contribution is -2.31. The fraction of sp³-hybridized carbons (Fsp3) is 0.214. The number of amidine groups is 1. The number of ether oxygens (including phenoxy) is 1. The Kier molecular flexibility index (Phi) is 9.00. The van der Waals surface area contributed by atoms with E-state index < -0.39 is 48.7 Å². The first kappa shape index (κ1) is 32.4. The molecule has 1 saturated heterocycles. The highest BCUT2D eigenvalue weighted by Gasteiger charge is 2.34. The van der Waals surface area contributed by atoms with Gasteiger partial charge in [-0.3, -0.25) is 9.69 Å². The van der Waals surface area contributed by atoms with Crippen molar-refractivity contribution in [1.82, 2.24) is 19.7 Å². The molecule has 46 heavy (non-hydrogen) atoms. The number of rotatable bonds is 7. The van der Waals surface area contributed by atoms with Gasteiger partial charge in [0, 0.05) is 11.8 Å². The van der Waals surface area contributed by atoms with Crippen LogP contribution in [0.5, 0.6) is 5.75 Å². The molecule has 5 rings (SSSR count). The first-order chi connectivity index (χ1) is 21.7. The largest absolute Gasteiger partial charge is 0.491 e. The van der Waals surface area contributed by atoms with E-state index in [4.69, 9.17) is 4.74 Å². The molecule has 0 aliphatic carbocycles. The zero-order valence-corrected chi connectivity index (χ0v) is 24.2. The van der Waals surface area contributed by atoms with Crippen LogP contribution in [0.15, 0.2) is 66.0 Å². The second-order valence-electron chi connectivity index (χ2n) is 9.64. The van der Waals surface area contributed by atoms with Gasteiger partial charge in [0.25, 0.3) is 0 Å². The Morgan fingerprint density at radius 2 is 1.85 bits per heavy atom. The van der Waals surface area contributed by atoms with Gasteiger partial charge in [0.2, 0.25) is 5.91 Å². The molecule has 0 atom stereocenters. The van der Waals surface area contributed by atoms with Crippen LogP contribution in [0, 0.1) is 12.7 Å². The number of alkyl halides is 6. The minimum atomic E-state index is -4.56. The molecule has 0 unspecified atom stereocenters. The van der Waals surface area contributed by atoms with E-state index in [2.05, 4.69) is 25.4 Å². The van der Waals surface area contributed by atoms with Gasteiger partial charge in [-0.2, -0.15) is 31.3 Å². The maximum absolute atomic E-state index is 15.0. The molecule has 3 amide bonds. The molecule has 3 heterocycles. The van der Waals surface area contributed by atoms with Gasteiger partial charge in [-0.05, 0) is 55.0 Å². The summed E-state index contributed by atoms with van der Waals surface area (Å²) in [5.41, 5.74) is -0.301. The molecule has 1 aliphatic heterocycles. The number of benzene rings is 2. The highest BCUT2D eigenvalue weighted by atomic mass is 32.2. The van der Waals surface area contributed by atoms with Crippen molar-refractivity contribution in [3.05, 3.63) is 78.0 Å². The molecule has 0 bridgehead atoms. The molecule has 18 heteroatoms. The first-order valence-electron chi connectivity index (χ1n) is 13.1. The summed E-state index contributed by atoms with van der Waals surface area (Å²) in [4.78, 5) is 38.2. The standard InChI is InChI=1S/C28H20F7N7O3S/c1-15-2-6-21(45-9-8-27(30,31)32)20(10-15)42-23(43)13-46-26(42)39-25(44)38-19-5-3-16(11-18(19)29)24-37-14-41(40-24)22-7-4-17(12-36-22)28(33,34)35/h2-7,10-12,14H,8-9,13H2,1H3,(H,38,44). The number of aryl methyl sites for hydroxylation is 1. The lowest BCUT2D eigenvalue weighted by molar-refractivity contribution is -0.140. The van der Waals surface area contributed by atoms with Crippen molar-refractivity contribution in [1.29, 1.82) is 0 Å². The number of urea groups is 1. The number of pyridine rings is 1. The molecule has 1 N–H and O–H groups in total. The number of hydrogen-bond donors (Lipinski definition) is 1. The molecule has 0 radical (unpaired) electrons. The highest BCUT2D eigenvalue weighted by molar-refractivity contribution is 8.15. The van der Waals surface area contributed by atoms with E-state index in [0.717, 1.165) is 39.5 Å². The van der Waals surface area contributed by atoms with Gasteiger partial charge in [0.05, 0.1) is 35.7 Å². The summed E-state index contributed by atoms with van der Waals surface area (Å²) in [5.74, 6) is -1.49. The third-order valence-corrected chi connectivity index (χ3v) is 7.16. The maximum Gasteiger partial charge on any atom is 0.417 e. The number of aliphatic imine (C=N–C) groups is 1. The van der Waals surface area contributed by atoms with Crippen LogP contribution in [0.2, 0.25) is 0 Å². The molecule has 2 aromatic carbocycles. The van der Waals surface area contributed by atoms with Crippen LogP contribution >= 0.6 is 11.8 Å². The second-order valence-corrected chi connectivity index (χ2v) is 10.6. The molecule has 4 aromatic rings. The van der Waals surface area contributed by atoms with Crippen LogP contribution in [0.4, 0.5) is 46.9 Å². The Labute approximate surface area is 259 Å². The third kappa shape index (κ3) is 7.61. The smallest absolute Gasteiger partial charge is 0.417 e. The van der Waals surface area contributed by atoms with Gasteiger partial charge in [0.1, 0.15) is 17.9 Å². The number of hydrogen-bond acceptors (Lipinski definition) is 7. The summed E-state index contributed by atoms with van der Waals surface area (Å²) in [6.45, 7) is 0.997. The predicted octanol–water partition coefficient (Wildman–Crippen LogP) is 6.79. The Morgan fingerprint density at radius 1 is 1.07 bits per heavy atom. The molecule has 240 valence electrons. The number of carbonyl (C=O) groups is 2. The lowest BCUT2D eigenvalue weighted by atomic mass is 10.2. The van der Waals surface area contributed by atoms with Crippen LogP contribution in [-0.2, 0) is 11.0 Å². The quantitative estimate of drug-likeness (QED) is 0.216. The molecule has 1 aliphatic rings. The minimum absolute atomic E-state index is 0.0154. The van der Waals surface area contributed by atoms with Gasteiger partial charge in [-0.15, -0.1) is 5.10 Å². The van der Waals surface area contributed by atoms with E-state index in [1.165, 1.54) is 30.6 Å². The monoisotopic (exact) mass is 667 g/mol. The van der Waals surface area contributed by atoms with Crippen molar-refractivity contribution in [2.24, 2.45) is 4.99 Å². The van der Waals surface area contributed by atoms with Crippen molar-refractivity contribution in [2.45, 2.75) is 25.7 Å². The summed E-state index contributed by atoms with van der Waals surface area (Å²) in [7, 11) is 0. The zero-order valence-electron chi connectivity index (χ0n) is 23.4. The number of nitrogens with one attached hydrogen (secondary N) is 1. The molecule has 10 nitrogen and oxygen atoms in total. The van der Waals surface area contributed by atoms with Crippen molar-refractivity contribution in [3.8, 4) is 23.0 Å². The second kappa shape index (κ2) is 12.8. The van der Waals surface area contributed by atoms with Crippen molar-refractivity contribution < 1.29 is 45.1 Å². The Bertz CT molecular complexity index is 1810. The number of aromatic nitrogens is 4. The predicted molar refractivity (Wildman–Crippen MR) is 153 cm³/mol. The zero-order chi connectivity index (χ0) is 33.2. The van der Waals surface area contributed by atoms with Gasteiger partial charge in [-0.25, -0.2) is 23.8 Å². The van der Waals surface area contributed by atoms with E-state index >= 15 is 0 Å². The molecular formula is C28H20F7N7O3S. The summed E-state index contributed by atoms with van der Waals surface area (Å²) in [6.07, 6.45) is -8.41. The van der Waals surface area contributed by atoms with E-state index in [1.807, 2.05) is 0 Å². The summed E-state index contributed by atoms with van der Waals surface area (Å²) < 4.78 is 97.7. The number of amides is 3. The van der Waals surface area contributed by atoms with Crippen molar-refractivity contribution in [2.75, 3.05) is 22.6 Å². The van der Waals surface area contributed by atoms with E-state index in [9.17, 15) is 40.3 Å². The molecule has 0 spiro atoms. The molecule has 1 fully saturated rings. The third-order valence-electron chi connectivity index (χ3n) is 6.23. The summed E-state index contributed by atoms with van der Waals surface area (Å²) >= 11 is 0.898. The highest BCUT2D eigenvalue weighted by Crippen LogP contribution is 2.36. The minimum Gasteiger partial charge on any atom is -0.491 e. The van der Waals surface area contributed by atoms with Gasteiger partial charge in [-0.1, -0.05) is 17.8 Å². The molecular weight excluding hydrogens is 647 g/mol. The number of nitrogens with zero attached hydrogens (tertiary/aromatic N) is 6. The number of anilines is 2. The SMILES string of the molecule is Cc1ccc(OCCC(F)(F)F)c(N2C(=O)CSC2=NC(=O)Nc2ccc(-c3ncn(-c4ccc(C(F)(F)F)cn4)n3)cc2F)c1. The van der Waals surface area contributed by atoms with Crippen molar-refractivity contribution >= 4 is 40.2 Å². The number of halogens is 7. The number of carbonyl (C=O) groups excluding carboxylic acids is 2. The average molecular weight is 668 g/mol. The van der Waals surface area contributed by atoms with Gasteiger partial charge >= 0.3 is 18.4 Å². The van der Waals surface area contributed by atoms with E-state index in [1.54, 1.807) is 13.0 Å². The Morgan fingerprint density at radius 3 is 2.52 bits per heavy atom. The molecule has 0 saturated carbocycles. The van der Waals surface area contributed by atoms with Gasteiger partial charge < -0.3 is 10.1 Å². The Balaban J connectivity index is 1.30. The topological polar surface area (TPSA) is 115 Å². The Hall–Kier alpha value is -5.00. The number of thioether (sulfide) groups is 1. The maximum atomic E-state index is 15.0. The van der Waals surface area contributed by atoms with Crippen LogP contribution < -0.4 is 15.0 Å². The van der Waals surface area contributed by atoms with Crippen LogP contribution in [0.1, 0.15) is 17.5 Å². The van der Waals surface area contributed by atoms with Crippen molar-refractivity contribution in [3.63, 3.8) is 0 Å². The van der Waals surface area contributed by atoms with Crippen LogP contribution in [-0.4, -0.2) is 55.4 Å². The van der Waals surface area contributed by atoms with Crippen LogP contribution in [0.3, 0.4) is 0 Å². The normalized spacial score (nSPS) is 14.7. The fourth-order valence-electron chi connectivity index (χ4n) is 4.06. The average Bonchev–Trinajstić information content (AvgIpc) is 3.61.